The fourth-order valence-corrected chi connectivity index (χ4v) is 8.06. The van der Waals surface area contributed by atoms with Gasteiger partial charge in [-0.2, -0.15) is 0 Å². The number of nitrogens with zero attached hydrogens (tertiary/aromatic N) is 2. The van der Waals surface area contributed by atoms with Crippen LogP contribution in [0.15, 0.2) is 146 Å². The number of rotatable bonds is 2. The predicted molar refractivity (Wildman–Crippen MR) is 176 cm³/mol. The fourth-order valence-electron chi connectivity index (χ4n) is 8.06. The third-order valence-corrected chi connectivity index (χ3v) is 9.89. The van der Waals surface area contributed by atoms with Crippen LogP contribution in [0.2, 0.25) is 0 Å². The first-order valence-electron chi connectivity index (χ1n) is 15.1. The van der Waals surface area contributed by atoms with E-state index in [2.05, 4.69) is 164 Å². The molecule has 0 amide bonds. The van der Waals surface area contributed by atoms with Gasteiger partial charge in [0.05, 0.1) is 16.4 Å². The minimum Gasteiger partial charge on any atom is -0.292 e. The van der Waals surface area contributed by atoms with Crippen LogP contribution in [0.3, 0.4) is 0 Å². The van der Waals surface area contributed by atoms with Crippen molar-refractivity contribution in [3.8, 4) is 28.2 Å². The molecule has 1 spiro atoms. The average molecular weight is 551 g/mol. The van der Waals surface area contributed by atoms with Crippen LogP contribution in [0.1, 0.15) is 47.2 Å². The lowest BCUT2D eigenvalue weighted by Gasteiger charge is -2.46. The van der Waals surface area contributed by atoms with Crippen molar-refractivity contribution in [2.24, 2.45) is 0 Å². The van der Waals surface area contributed by atoms with E-state index in [0.29, 0.717) is 0 Å². The van der Waals surface area contributed by atoms with Crippen molar-refractivity contribution in [1.82, 2.24) is 9.55 Å². The highest BCUT2D eigenvalue weighted by atomic mass is 15.1. The second kappa shape index (κ2) is 8.65. The molecule has 1 aromatic heterocycles. The van der Waals surface area contributed by atoms with Crippen LogP contribution in [-0.4, -0.2) is 9.55 Å². The summed E-state index contributed by atoms with van der Waals surface area (Å²) in [7, 11) is 0. The Labute approximate surface area is 251 Å². The molecule has 2 aliphatic rings. The molecular weight excluding hydrogens is 520 g/mol. The summed E-state index contributed by atoms with van der Waals surface area (Å²) in [6.07, 6.45) is 0. The quantitative estimate of drug-likeness (QED) is 0.209. The number of imidazole rings is 1. The van der Waals surface area contributed by atoms with Gasteiger partial charge in [-0.05, 0) is 74.8 Å². The summed E-state index contributed by atoms with van der Waals surface area (Å²) in [6.45, 7) is 4.74. The third kappa shape index (κ3) is 3.10. The maximum absolute atomic E-state index is 5.20. The lowest BCUT2D eigenvalue weighted by atomic mass is 9.55. The molecule has 1 heterocycles. The molecule has 0 radical (unpaired) electrons. The van der Waals surface area contributed by atoms with Gasteiger partial charge in [-0.1, -0.05) is 129 Å². The van der Waals surface area contributed by atoms with Gasteiger partial charge in [0.15, 0.2) is 0 Å². The Hall–Kier alpha value is -5.21. The summed E-state index contributed by atoms with van der Waals surface area (Å²) < 4.78 is 2.29. The van der Waals surface area contributed by atoms with E-state index >= 15 is 0 Å². The maximum atomic E-state index is 5.20. The van der Waals surface area contributed by atoms with Crippen LogP contribution < -0.4 is 0 Å². The largest absolute Gasteiger partial charge is 0.292 e. The third-order valence-electron chi connectivity index (χ3n) is 9.89. The Morgan fingerprint density at radius 2 is 1.05 bits per heavy atom. The lowest BCUT2D eigenvalue weighted by molar-refractivity contribution is 0.563. The Morgan fingerprint density at radius 3 is 1.77 bits per heavy atom. The fraction of sp³-hybridized carbons (Fsp3) is 0.0976. The zero-order valence-electron chi connectivity index (χ0n) is 24.3. The van der Waals surface area contributed by atoms with Crippen LogP contribution in [0.25, 0.3) is 39.2 Å². The summed E-state index contributed by atoms with van der Waals surface area (Å²) in [5.74, 6) is 0.958. The van der Waals surface area contributed by atoms with Crippen molar-refractivity contribution >= 4 is 11.0 Å². The van der Waals surface area contributed by atoms with Crippen LogP contribution in [-0.2, 0) is 10.8 Å². The molecule has 2 aliphatic carbocycles. The van der Waals surface area contributed by atoms with Crippen molar-refractivity contribution in [2.45, 2.75) is 24.7 Å². The molecule has 0 saturated carbocycles. The van der Waals surface area contributed by atoms with Gasteiger partial charge >= 0.3 is 0 Å². The first-order valence-corrected chi connectivity index (χ1v) is 15.1. The van der Waals surface area contributed by atoms with Gasteiger partial charge in [0.25, 0.3) is 0 Å². The summed E-state index contributed by atoms with van der Waals surface area (Å²) in [6, 6.07) is 53.3. The number of para-hydroxylation sites is 3. The van der Waals surface area contributed by atoms with Crippen molar-refractivity contribution in [3.05, 3.63) is 179 Å². The Morgan fingerprint density at radius 1 is 0.488 bits per heavy atom. The highest BCUT2D eigenvalue weighted by molar-refractivity contribution is 5.91. The molecule has 204 valence electrons. The molecule has 0 bridgehead atoms. The first-order chi connectivity index (χ1) is 21.1. The van der Waals surface area contributed by atoms with Crippen LogP contribution in [0, 0.1) is 0 Å². The molecule has 0 unspecified atom stereocenters. The number of aromatic nitrogens is 2. The molecule has 43 heavy (non-hydrogen) atoms. The minimum atomic E-state index is -0.382. The molecule has 2 heteroatoms. The SMILES string of the molecule is CC1(C)c2ccccc2C2(c3ccccc3-c3cc(-c4nc5ccccc5n4-c4ccccc4)ccc32)c2ccccc21. The summed E-state index contributed by atoms with van der Waals surface area (Å²) >= 11 is 0. The highest BCUT2D eigenvalue weighted by Crippen LogP contribution is 2.62. The second-order valence-electron chi connectivity index (χ2n) is 12.4. The summed E-state index contributed by atoms with van der Waals surface area (Å²) in [4.78, 5) is 5.20. The zero-order chi connectivity index (χ0) is 28.8. The Kier molecular flexibility index (Phi) is 4.91. The maximum Gasteiger partial charge on any atom is 0.145 e. The number of hydrogen-bond donors (Lipinski definition) is 0. The normalized spacial score (nSPS) is 15.1. The molecule has 9 rings (SSSR count). The van der Waals surface area contributed by atoms with E-state index in [-0.39, 0.29) is 10.8 Å². The van der Waals surface area contributed by atoms with Gasteiger partial charge in [0.1, 0.15) is 5.82 Å². The average Bonchev–Trinajstić information content (AvgIpc) is 3.59. The van der Waals surface area contributed by atoms with Gasteiger partial charge < -0.3 is 0 Å². The first kappa shape index (κ1) is 24.4. The predicted octanol–water partition coefficient (Wildman–Crippen LogP) is 9.69. The molecule has 6 aromatic carbocycles. The van der Waals surface area contributed by atoms with E-state index in [1.807, 2.05) is 0 Å². The summed E-state index contributed by atoms with van der Waals surface area (Å²) in [5, 5.41) is 0. The number of benzene rings is 6. The van der Waals surface area contributed by atoms with Crippen molar-refractivity contribution in [1.29, 1.82) is 0 Å². The van der Waals surface area contributed by atoms with Crippen molar-refractivity contribution in [2.75, 3.05) is 0 Å². The van der Waals surface area contributed by atoms with E-state index in [1.165, 1.54) is 44.5 Å². The molecule has 0 fully saturated rings. The van der Waals surface area contributed by atoms with Crippen LogP contribution in [0.5, 0.6) is 0 Å². The molecule has 0 saturated heterocycles. The summed E-state index contributed by atoms with van der Waals surface area (Å²) in [5.41, 5.74) is 14.7. The smallest absolute Gasteiger partial charge is 0.145 e. The molecule has 0 atom stereocenters. The number of fused-ring (bicyclic) bond motifs is 10. The molecule has 0 N–H and O–H groups in total. The van der Waals surface area contributed by atoms with E-state index in [4.69, 9.17) is 4.98 Å². The topological polar surface area (TPSA) is 17.8 Å². The second-order valence-corrected chi connectivity index (χ2v) is 12.4. The molecule has 2 nitrogen and oxygen atoms in total. The Balaban J connectivity index is 1.37. The van der Waals surface area contributed by atoms with E-state index in [1.54, 1.807) is 0 Å². The van der Waals surface area contributed by atoms with Crippen molar-refractivity contribution < 1.29 is 0 Å². The molecule has 0 aliphatic heterocycles. The lowest BCUT2D eigenvalue weighted by Crippen LogP contribution is -2.40. The zero-order valence-corrected chi connectivity index (χ0v) is 24.3. The van der Waals surface area contributed by atoms with Gasteiger partial charge in [-0.3, -0.25) is 4.57 Å². The van der Waals surface area contributed by atoms with Gasteiger partial charge in [0, 0.05) is 16.7 Å². The molecule has 7 aromatic rings. The van der Waals surface area contributed by atoms with Crippen LogP contribution >= 0.6 is 0 Å². The van der Waals surface area contributed by atoms with E-state index in [9.17, 15) is 0 Å². The van der Waals surface area contributed by atoms with Gasteiger partial charge in [0.2, 0.25) is 0 Å². The highest BCUT2D eigenvalue weighted by Gasteiger charge is 2.53. The van der Waals surface area contributed by atoms with Crippen molar-refractivity contribution in [3.63, 3.8) is 0 Å². The van der Waals surface area contributed by atoms with Gasteiger partial charge in [-0.15, -0.1) is 0 Å². The van der Waals surface area contributed by atoms with E-state index in [0.717, 1.165) is 28.1 Å². The number of hydrogen-bond acceptors (Lipinski definition) is 1. The van der Waals surface area contributed by atoms with E-state index < -0.39 is 0 Å². The monoisotopic (exact) mass is 550 g/mol. The van der Waals surface area contributed by atoms with Crippen LogP contribution in [0.4, 0.5) is 0 Å². The Bertz CT molecular complexity index is 2170. The minimum absolute atomic E-state index is 0.101. The standard InChI is InChI=1S/C41H30N2/c1-40(2)33-18-8-10-20-35(33)41(36-21-11-9-19-34(36)40)31-17-7-6-16-29(31)30-26-27(24-25-32(30)41)39-42-37-22-12-13-23-38(37)43(39)28-14-4-3-5-15-28/h3-26H,1-2H3. The molecular formula is C41H30N2. The van der Waals surface area contributed by atoms with Gasteiger partial charge in [-0.25, -0.2) is 4.98 Å².